The molecule has 1 aromatic rings. The van der Waals surface area contributed by atoms with Crippen molar-refractivity contribution in [2.75, 3.05) is 5.32 Å². The number of aryl methyl sites for hydroxylation is 1. The number of rotatable bonds is 7. The third-order valence-corrected chi connectivity index (χ3v) is 6.72. The van der Waals surface area contributed by atoms with E-state index in [1.807, 2.05) is 0 Å². The van der Waals surface area contributed by atoms with Crippen LogP contribution in [0.2, 0.25) is 0 Å². The predicted octanol–water partition coefficient (Wildman–Crippen LogP) is 5.05. The molecule has 0 bridgehead atoms. The summed E-state index contributed by atoms with van der Waals surface area (Å²) in [6.07, 6.45) is 15.1. The molecule has 1 aromatic heterocycles. The van der Waals surface area contributed by atoms with Gasteiger partial charge in [-0.15, -0.1) is 11.3 Å². The Morgan fingerprint density at radius 1 is 1.07 bits per heavy atom. The molecule has 0 aromatic carbocycles. The number of urea groups is 1. The van der Waals surface area contributed by atoms with E-state index in [2.05, 4.69) is 15.2 Å². The van der Waals surface area contributed by atoms with Gasteiger partial charge in [0.1, 0.15) is 0 Å². The van der Waals surface area contributed by atoms with Gasteiger partial charge in [-0.1, -0.05) is 38.5 Å². The first-order valence-corrected chi connectivity index (χ1v) is 11.2. The molecule has 0 saturated heterocycles. The van der Waals surface area contributed by atoms with Crippen molar-refractivity contribution >= 4 is 28.5 Å². The van der Waals surface area contributed by atoms with Crippen molar-refractivity contribution in [3.8, 4) is 0 Å². The molecule has 2 saturated carbocycles. The highest BCUT2D eigenvalue weighted by Crippen LogP contribution is 2.31. The van der Waals surface area contributed by atoms with E-state index < -0.39 is 5.97 Å². The minimum atomic E-state index is -0.774. The van der Waals surface area contributed by atoms with Gasteiger partial charge in [0, 0.05) is 29.6 Å². The Bertz CT molecular complexity index is 604. The molecule has 0 radical (unpaired) electrons. The lowest BCUT2D eigenvalue weighted by molar-refractivity contribution is -0.137. The molecular formula is C20H31N3O3S. The van der Waals surface area contributed by atoms with Crippen LogP contribution in [-0.4, -0.2) is 39.1 Å². The third kappa shape index (κ3) is 5.92. The fourth-order valence-corrected chi connectivity index (χ4v) is 5.24. The second-order valence-corrected chi connectivity index (χ2v) is 8.92. The normalized spacial score (nSPS) is 19.0. The minimum Gasteiger partial charge on any atom is -0.481 e. The molecule has 0 unspecified atom stereocenters. The maximum Gasteiger partial charge on any atom is 0.324 e. The van der Waals surface area contributed by atoms with Crippen LogP contribution < -0.4 is 5.32 Å². The van der Waals surface area contributed by atoms with Gasteiger partial charge in [0.25, 0.3) is 0 Å². The van der Waals surface area contributed by atoms with E-state index in [1.165, 1.54) is 49.9 Å². The van der Waals surface area contributed by atoms with Crippen molar-refractivity contribution in [2.24, 2.45) is 0 Å². The van der Waals surface area contributed by atoms with Gasteiger partial charge < -0.3 is 10.0 Å². The van der Waals surface area contributed by atoms with Crippen molar-refractivity contribution in [3.05, 3.63) is 11.1 Å². The van der Waals surface area contributed by atoms with Gasteiger partial charge in [-0.2, -0.15) is 0 Å². The standard InChI is InChI=1S/C20H31N3O3S/c24-18(25)13-7-12-17-14-21-19(27-17)22-20(26)23(15-8-3-1-4-9-15)16-10-5-2-6-11-16/h14-16H,1-13H2,(H,24,25)(H,21,22,26). The summed E-state index contributed by atoms with van der Waals surface area (Å²) in [5, 5.41) is 12.4. The zero-order valence-corrected chi connectivity index (χ0v) is 16.8. The number of carbonyl (C=O) groups excluding carboxylic acids is 1. The predicted molar refractivity (Wildman–Crippen MR) is 107 cm³/mol. The van der Waals surface area contributed by atoms with Gasteiger partial charge in [0.15, 0.2) is 5.13 Å². The van der Waals surface area contributed by atoms with Gasteiger partial charge >= 0.3 is 12.0 Å². The van der Waals surface area contributed by atoms with Crippen LogP contribution in [0, 0.1) is 0 Å². The zero-order chi connectivity index (χ0) is 19.1. The Hall–Kier alpha value is -1.63. The van der Waals surface area contributed by atoms with Crippen LogP contribution in [0.3, 0.4) is 0 Å². The minimum absolute atomic E-state index is 0.000218. The number of hydrogen-bond acceptors (Lipinski definition) is 4. The molecule has 0 aliphatic heterocycles. The molecule has 3 rings (SSSR count). The zero-order valence-electron chi connectivity index (χ0n) is 16.0. The van der Waals surface area contributed by atoms with Crippen LogP contribution in [0.1, 0.15) is 81.9 Å². The molecular weight excluding hydrogens is 362 g/mol. The second-order valence-electron chi connectivity index (χ2n) is 7.80. The number of aliphatic carboxylic acids is 1. The lowest BCUT2D eigenvalue weighted by atomic mass is 9.89. The SMILES string of the molecule is O=C(O)CCCc1cnc(NC(=O)N(C2CCCCC2)C2CCCCC2)s1. The number of carbonyl (C=O) groups is 2. The van der Waals surface area contributed by atoms with E-state index in [9.17, 15) is 9.59 Å². The Balaban J connectivity index is 1.61. The quantitative estimate of drug-likeness (QED) is 0.679. The highest BCUT2D eigenvalue weighted by Gasteiger charge is 2.32. The van der Waals surface area contributed by atoms with Crippen LogP contribution in [-0.2, 0) is 11.2 Å². The molecule has 2 N–H and O–H groups in total. The number of hydrogen-bond donors (Lipinski definition) is 2. The largest absolute Gasteiger partial charge is 0.481 e. The van der Waals surface area contributed by atoms with Gasteiger partial charge in [0.05, 0.1) is 0 Å². The first kappa shape index (κ1) is 20.1. The fourth-order valence-electron chi connectivity index (χ4n) is 4.40. The number of nitrogens with one attached hydrogen (secondary N) is 1. The van der Waals surface area contributed by atoms with Crippen LogP contribution in [0.25, 0.3) is 0 Å². The average molecular weight is 394 g/mol. The lowest BCUT2D eigenvalue weighted by Crippen LogP contribution is -2.50. The van der Waals surface area contributed by atoms with E-state index in [0.717, 1.165) is 30.6 Å². The van der Waals surface area contributed by atoms with E-state index in [0.29, 0.717) is 30.1 Å². The molecule has 1 heterocycles. The van der Waals surface area contributed by atoms with E-state index in [-0.39, 0.29) is 12.5 Å². The van der Waals surface area contributed by atoms with Gasteiger partial charge in [-0.25, -0.2) is 9.78 Å². The maximum atomic E-state index is 13.1. The Labute approximate surface area is 165 Å². The molecule has 2 aliphatic rings. The number of thiazole rings is 1. The van der Waals surface area contributed by atoms with Crippen LogP contribution in [0.4, 0.5) is 9.93 Å². The Kier molecular flexibility index (Phi) is 7.50. The molecule has 0 atom stereocenters. The summed E-state index contributed by atoms with van der Waals surface area (Å²) in [5.41, 5.74) is 0. The van der Waals surface area contributed by atoms with E-state index in [1.54, 1.807) is 6.20 Å². The molecule has 6 nitrogen and oxygen atoms in total. The summed E-state index contributed by atoms with van der Waals surface area (Å²) in [6, 6.07) is 0.717. The summed E-state index contributed by atoms with van der Waals surface area (Å²) in [6.45, 7) is 0. The molecule has 2 aliphatic carbocycles. The van der Waals surface area contributed by atoms with Crippen molar-refractivity contribution in [1.82, 2.24) is 9.88 Å². The van der Waals surface area contributed by atoms with E-state index in [4.69, 9.17) is 5.11 Å². The number of nitrogens with zero attached hydrogens (tertiary/aromatic N) is 2. The monoisotopic (exact) mass is 393 g/mol. The number of amides is 2. The van der Waals surface area contributed by atoms with E-state index >= 15 is 0 Å². The number of aromatic nitrogens is 1. The average Bonchev–Trinajstić information content (AvgIpc) is 3.10. The van der Waals surface area contributed by atoms with Crippen LogP contribution in [0.15, 0.2) is 6.20 Å². The first-order valence-electron chi connectivity index (χ1n) is 10.4. The molecule has 0 spiro atoms. The second kappa shape index (κ2) is 10.1. The van der Waals surface area contributed by atoms with Gasteiger partial charge in [-0.05, 0) is 38.5 Å². The van der Waals surface area contributed by atoms with Crippen molar-refractivity contribution in [3.63, 3.8) is 0 Å². The molecule has 7 heteroatoms. The fraction of sp³-hybridized carbons (Fsp3) is 0.750. The van der Waals surface area contributed by atoms with Crippen LogP contribution in [0.5, 0.6) is 0 Å². The van der Waals surface area contributed by atoms with Crippen molar-refractivity contribution in [2.45, 2.75) is 95.6 Å². The third-order valence-electron chi connectivity index (χ3n) is 5.75. The van der Waals surface area contributed by atoms with Gasteiger partial charge in [0.2, 0.25) is 0 Å². The molecule has 2 fully saturated rings. The topological polar surface area (TPSA) is 82.5 Å². The molecule has 150 valence electrons. The summed E-state index contributed by atoms with van der Waals surface area (Å²) in [5.74, 6) is -0.774. The summed E-state index contributed by atoms with van der Waals surface area (Å²) < 4.78 is 0. The number of anilines is 1. The summed E-state index contributed by atoms with van der Waals surface area (Å²) >= 11 is 1.46. The van der Waals surface area contributed by atoms with Crippen molar-refractivity contribution < 1.29 is 14.7 Å². The molecule has 2 amide bonds. The maximum absolute atomic E-state index is 13.1. The summed E-state index contributed by atoms with van der Waals surface area (Å²) in [7, 11) is 0. The summed E-state index contributed by atoms with van der Waals surface area (Å²) in [4.78, 5) is 31.3. The Morgan fingerprint density at radius 2 is 1.67 bits per heavy atom. The molecule has 27 heavy (non-hydrogen) atoms. The highest BCUT2D eigenvalue weighted by molar-refractivity contribution is 7.15. The lowest BCUT2D eigenvalue weighted by Gasteiger charge is -2.41. The number of carboxylic acid groups (broad SMARTS) is 1. The Morgan fingerprint density at radius 3 is 2.22 bits per heavy atom. The first-order chi connectivity index (χ1) is 13.1. The van der Waals surface area contributed by atoms with Crippen LogP contribution >= 0.6 is 11.3 Å². The van der Waals surface area contributed by atoms with Gasteiger partial charge in [-0.3, -0.25) is 10.1 Å². The number of carboxylic acids is 1. The highest BCUT2D eigenvalue weighted by atomic mass is 32.1. The smallest absolute Gasteiger partial charge is 0.324 e. The van der Waals surface area contributed by atoms with Crippen molar-refractivity contribution in [1.29, 1.82) is 0 Å².